The van der Waals surface area contributed by atoms with Gasteiger partial charge >= 0.3 is 0 Å². The summed E-state index contributed by atoms with van der Waals surface area (Å²) in [4.78, 5) is 11.1. The largest absolute Gasteiger partial charge is 0.352 e. The Balaban J connectivity index is 0.00000243. The zero-order valence-electron chi connectivity index (χ0n) is 15.4. The van der Waals surface area contributed by atoms with Crippen molar-refractivity contribution in [2.45, 2.75) is 38.1 Å². The Morgan fingerprint density at radius 1 is 1.15 bits per heavy atom. The van der Waals surface area contributed by atoms with E-state index in [2.05, 4.69) is 34.3 Å². The van der Waals surface area contributed by atoms with Crippen LogP contribution in [-0.4, -0.2) is 41.0 Å². The Hall–Kier alpha value is -1.79. The van der Waals surface area contributed by atoms with Crippen molar-refractivity contribution in [2.24, 2.45) is 0 Å². The number of aromatic nitrogens is 2. The van der Waals surface area contributed by atoms with Gasteiger partial charge in [0.2, 0.25) is 5.95 Å². The van der Waals surface area contributed by atoms with Gasteiger partial charge in [-0.15, -0.1) is 12.4 Å². The molecule has 0 saturated heterocycles. The van der Waals surface area contributed by atoms with Crippen LogP contribution in [0.5, 0.6) is 0 Å². The van der Waals surface area contributed by atoms with Crippen molar-refractivity contribution >= 4 is 18.4 Å². The molecule has 0 amide bonds. The molecule has 1 heterocycles. The molecule has 0 bridgehead atoms. The van der Waals surface area contributed by atoms with Gasteiger partial charge in [-0.1, -0.05) is 12.8 Å². The Morgan fingerprint density at radius 3 is 2.42 bits per heavy atom. The Bertz CT molecular complexity index is 761. The van der Waals surface area contributed by atoms with Gasteiger partial charge in [0.15, 0.2) is 0 Å². The smallest absolute Gasteiger partial charge is 0.222 e. The molecular formula is C19H25ClF2N4. The lowest BCUT2D eigenvalue weighted by molar-refractivity contribution is 0.172. The maximum absolute atomic E-state index is 14.0. The number of nitrogens with zero attached hydrogens (tertiary/aromatic N) is 3. The lowest BCUT2D eigenvalue weighted by atomic mass is 9.96. The third-order valence-electron chi connectivity index (χ3n) is 5.26. The molecule has 0 unspecified atom stereocenters. The van der Waals surface area contributed by atoms with Crippen molar-refractivity contribution in [3.63, 3.8) is 0 Å². The first-order valence-corrected chi connectivity index (χ1v) is 8.62. The zero-order valence-corrected chi connectivity index (χ0v) is 16.2. The van der Waals surface area contributed by atoms with Crippen molar-refractivity contribution in [1.29, 1.82) is 0 Å². The summed E-state index contributed by atoms with van der Waals surface area (Å²) in [5.74, 6) is -0.662. The molecule has 1 saturated carbocycles. The minimum absolute atomic E-state index is 0. The molecule has 0 aliphatic heterocycles. The van der Waals surface area contributed by atoms with Crippen LogP contribution < -0.4 is 5.32 Å². The van der Waals surface area contributed by atoms with E-state index in [-0.39, 0.29) is 17.9 Å². The fraction of sp³-hybridized carbons (Fsp3) is 0.474. The summed E-state index contributed by atoms with van der Waals surface area (Å²) in [7, 11) is 4.22. The van der Waals surface area contributed by atoms with Crippen molar-refractivity contribution in [1.82, 2.24) is 14.9 Å². The fourth-order valence-electron chi connectivity index (χ4n) is 3.58. The van der Waals surface area contributed by atoms with Crippen LogP contribution in [0, 0.1) is 18.6 Å². The Kier molecular flexibility index (Phi) is 6.53. The van der Waals surface area contributed by atoms with E-state index < -0.39 is 11.6 Å². The van der Waals surface area contributed by atoms with E-state index in [1.54, 1.807) is 6.20 Å². The van der Waals surface area contributed by atoms with E-state index in [0.29, 0.717) is 22.8 Å². The van der Waals surface area contributed by atoms with Crippen molar-refractivity contribution < 1.29 is 8.78 Å². The molecule has 7 heteroatoms. The average Bonchev–Trinajstić information content (AvgIpc) is 3.04. The number of hydrogen-bond acceptors (Lipinski definition) is 4. The van der Waals surface area contributed by atoms with Crippen molar-refractivity contribution in [3.8, 4) is 11.1 Å². The standard InChI is InChI=1S/C19H24F2N4.ClH/c1-13-16(15-7-6-14(20)10-17(15)21)11-22-18(24-13)23-12-19(25(2)3)8-4-5-9-19;/h6-7,10-11H,4-5,8-9,12H2,1-3H3,(H,22,23,24);1H. The number of anilines is 1. The van der Waals surface area contributed by atoms with E-state index in [1.165, 1.54) is 25.0 Å². The topological polar surface area (TPSA) is 41.1 Å². The quantitative estimate of drug-likeness (QED) is 0.830. The number of hydrogen-bond donors (Lipinski definition) is 1. The summed E-state index contributed by atoms with van der Waals surface area (Å²) >= 11 is 0. The summed E-state index contributed by atoms with van der Waals surface area (Å²) in [5.41, 5.74) is 1.68. The second-order valence-corrected chi connectivity index (χ2v) is 7.00. The molecule has 1 fully saturated rings. The number of rotatable bonds is 5. The van der Waals surface area contributed by atoms with E-state index in [9.17, 15) is 8.78 Å². The molecule has 4 nitrogen and oxygen atoms in total. The van der Waals surface area contributed by atoms with Gasteiger partial charge < -0.3 is 10.2 Å². The van der Waals surface area contributed by atoms with Gasteiger partial charge in [0, 0.05) is 35.5 Å². The van der Waals surface area contributed by atoms with Crippen LogP contribution in [0.1, 0.15) is 31.4 Å². The second kappa shape index (κ2) is 8.27. The van der Waals surface area contributed by atoms with E-state index in [0.717, 1.165) is 25.5 Å². The average molecular weight is 383 g/mol. The minimum atomic E-state index is -0.607. The van der Waals surface area contributed by atoms with Gasteiger partial charge in [-0.05, 0) is 46.0 Å². The number of nitrogens with one attached hydrogen (secondary N) is 1. The molecule has 1 aliphatic rings. The van der Waals surface area contributed by atoms with Crippen LogP contribution in [0.2, 0.25) is 0 Å². The van der Waals surface area contributed by atoms with Crippen LogP contribution in [0.15, 0.2) is 24.4 Å². The summed E-state index contributed by atoms with van der Waals surface area (Å²) in [5, 5.41) is 3.33. The van der Waals surface area contributed by atoms with Crippen molar-refractivity contribution in [2.75, 3.05) is 26.0 Å². The van der Waals surface area contributed by atoms with Crippen LogP contribution in [0.4, 0.5) is 14.7 Å². The fourth-order valence-corrected chi connectivity index (χ4v) is 3.58. The monoisotopic (exact) mass is 382 g/mol. The maximum Gasteiger partial charge on any atom is 0.222 e. The normalized spacial score (nSPS) is 15.8. The second-order valence-electron chi connectivity index (χ2n) is 7.00. The summed E-state index contributed by atoms with van der Waals surface area (Å²) in [6, 6.07) is 3.54. The highest BCUT2D eigenvalue weighted by Crippen LogP contribution is 2.34. The predicted molar refractivity (Wildman–Crippen MR) is 103 cm³/mol. The first-order valence-electron chi connectivity index (χ1n) is 8.62. The van der Waals surface area contributed by atoms with E-state index in [1.807, 2.05) is 6.92 Å². The molecule has 26 heavy (non-hydrogen) atoms. The van der Waals surface area contributed by atoms with E-state index in [4.69, 9.17) is 0 Å². The highest BCUT2D eigenvalue weighted by molar-refractivity contribution is 5.85. The highest BCUT2D eigenvalue weighted by atomic mass is 35.5. The third kappa shape index (κ3) is 4.13. The molecule has 1 aliphatic carbocycles. The number of likely N-dealkylation sites (N-methyl/N-ethyl adjacent to an activating group) is 1. The van der Waals surface area contributed by atoms with Crippen LogP contribution in [0.25, 0.3) is 11.1 Å². The molecular weight excluding hydrogens is 358 g/mol. The number of halogens is 3. The Morgan fingerprint density at radius 2 is 1.85 bits per heavy atom. The van der Waals surface area contributed by atoms with Gasteiger partial charge in [-0.3, -0.25) is 0 Å². The molecule has 0 spiro atoms. The molecule has 2 aromatic rings. The predicted octanol–water partition coefficient (Wildman–Crippen LogP) is 4.44. The summed E-state index contributed by atoms with van der Waals surface area (Å²) < 4.78 is 27.1. The summed E-state index contributed by atoms with van der Waals surface area (Å²) in [6.07, 6.45) is 6.39. The SMILES string of the molecule is Cc1nc(NCC2(N(C)C)CCCC2)ncc1-c1ccc(F)cc1F.Cl. The van der Waals surface area contributed by atoms with Gasteiger partial charge in [0.1, 0.15) is 11.6 Å². The first-order chi connectivity index (χ1) is 11.9. The summed E-state index contributed by atoms with van der Waals surface area (Å²) in [6.45, 7) is 2.59. The van der Waals surface area contributed by atoms with Gasteiger partial charge in [-0.2, -0.15) is 0 Å². The van der Waals surface area contributed by atoms with Crippen LogP contribution in [0.3, 0.4) is 0 Å². The van der Waals surface area contributed by atoms with Gasteiger partial charge in [0.25, 0.3) is 0 Å². The maximum atomic E-state index is 14.0. The lowest BCUT2D eigenvalue weighted by Crippen LogP contribution is -2.47. The third-order valence-corrected chi connectivity index (χ3v) is 5.26. The number of aryl methyl sites for hydroxylation is 1. The molecule has 0 atom stereocenters. The lowest BCUT2D eigenvalue weighted by Gasteiger charge is -2.36. The number of benzene rings is 1. The van der Waals surface area contributed by atoms with Crippen LogP contribution in [-0.2, 0) is 0 Å². The minimum Gasteiger partial charge on any atom is -0.352 e. The molecule has 1 N–H and O–H groups in total. The van der Waals surface area contributed by atoms with E-state index >= 15 is 0 Å². The molecule has 0 radical (unpaired) electrons. The molecule has 3 rings (SSSR count). The first kappa shape index (κ1) is 20.5. The molecule has 1 aromatic heterocycles. The molecule has 142 valence electrons. The van der Waals surface area contributed by atoms with Gasteiger partial charge in [0.05, 0.1) is 5.69 Å². The highest BCUT2D eigenvalue weighted by Gasteiger charge is 2.35. The molecule has 1 aromatic carbocycles. The van der Waals surface area contributed by atoms with Crippen LogP contribution >= 0.6 is 12.4 Å². The zero-order chi connectivity index (χ0) is 18.0. The Labute approximate surface area is 159 Å². The van der Waals surface area contributed by atoms with Crippen molar-refractivity contribution in [3.05, 3.63) is 41.7 Å². The van der Waals surface area contributed by atoms with Gasteiger partial charge in [-0.25, -0.2) is 18.7 Å².